The molecule has 21 heavy (non-hydrogen) atoms. The van der Waals surface area contributed by atoms with Crippen molar-refractivity contribution in [2.24, 2.45) is 0 Å². The SMILES string of the molecule is CC(Nc1nc(N)c2ccccc2n1)c1ccccc1Br. The van der Waals surface area contributed by atoms with E-state index in [0.29, 0.717) is 11.8 Å². The fourth-order valence-electron chi connectivity index (χ4n) is 2.26. The third-order valence-corrected chi connectivity index (χ3v) is 4.07. The molecular weight excluding hydrogens is 328 g/mol. The van der Waals surface area contributed by atoms with Crippen LogP contribution in [0.5, 0.6) is 0 Å². The van der Waals surface area contributed by atoms with Crippen LogP contribution in [0.3, 0.4) is 0 Å². The molecule has 106 valence electrons. The summed E-state index contributed by atoms with van der Waals surface area (Å²) in [5.41, 5.74) is 7.99. The van der Waals surface area contributed by atoms with Crippen LogP contribution in [0, 0.1) is 0 Å². The van der Waals surface area contributed by atoms with Crippen molar-refractivity contribution >= 4 is 38.6 Å². The molecule has 3 N–H and O–H groups in total. The lowest BCUT2D eigenvalue weighted by atomic mass is 10.1. The lowest BCUT2D eigenvalue weighted by Crippen LogP contribution is -2.11. The number of rotatable bonds is 3. The molecule has 1 unspecified atom stereocenters. The van der Waals surface area contributed by atoms with Gasteiger partial charge >= 0.3 is 0 Å². The van der Waals surface area contributed by atoms with E-state index in [0.717, 1.165) is 20.9 Å². The standard InChI is InChI=1S/C16H15BrN4/c1-10(11-6-2-4-8-13(11)17)19-16-20-14-9-5-3-7-12(14)15(18)21-16/h2-10H,1H3,(H3,18,19,20,21). The van der Waals surface area contributed by atoms with E-state index >= 15 is 0 Å². The maximum absolute atomic E-state index is 6.00. The van der Waals surface area contributed by atoms with E-state index in [1.807, 2.05) is 42.5 Å². The molecule has 5 heteroatoms. The number of hydrogen-bond acceptors (Lipinski definition) is 4. The van der Waals surface area contributed by atoms with E-state index in [4.69, 9.17) is 5.73 Å². The highest BCUT2D eigenvalue weighted by atomic mass is 79.9. The maximum Gasteiger partial charge on any atom is 0.225 e. The molecule has 2 aromatic carbocycles. The zero-order valence-corrected chi connectivity index (χ0v) is 13.1. The minimum absolute atomic E-state index is 0.0705. The van der Waals surface area contributed by atoms with Crippen LogP contribution in [-0.2, 0) is 0 Å². The summed E-state index contributed by atoms with van der Waals surface area (Å²) in [6.07, 6.45) is 0. The summed E-state index contributed by atoms with van der Waals surface area (Å²) in [4.78, 5) is 8.85. The highest BCUT2D eigenvalue weighted by Crippen LogP contribution is 2.26. The summed E-state index contributed by atoms with van der Waals surface area (Å²) in [6, 6.07) is 15.9. The summed E-state index contributed by atoms with van der Waals surface area (Å²) in [5, 5.41) is 4.17. The largest absolute Gasteiger partial charge is 0.383 e. The predicted molar refractivity (Wildman–Crippen MR) is 90.1 cm³/mol. The molecular formula is C16H15BrN4. The molecule has 0 bridgehead atoms. The Bertz CT molecular complexity index is 788. The Balaban J connectivity index is 1.93. The third-order valence-electron chi connectivity index (χ3n) is 3.35. The summed E-state index contributed by atoms with van der Waals surface area (Å²) in [5.74, 6) is 1.02. The molecule has 0 aliphatic heterocycles. The molecule has 1 atom stereocenters. The van der Waals surface area contributed by atoms with Gasteiger partial charge in [0.25, 0.3) is 0 Å². The van der Waals surface area contributed by atoms with E-state index < -0.39 is 0 Å². The zero-order valence-electron chi connectivity index (χ0n) is 11.5. The van der Waals surface area contributed by atoms with Crippen LogP contribution in [0.2, 0.25) is 0 Å². The highest BCUT2D eigenvalue weighted by Gasteiger charge is 2.11. The Labute approximate surface area is 131 Å². The molecule has 0 radical (unpaired) electrons. The van der Waals surface area contributed by atoms with Crippen LogP contribution in [0.25, 0.3) is 10.9 Å². The average molecular weight is 343 g/mol. The number of halogens is 1. The van der Waals surface area contributed by atoms with Gasteiger partial charge in [-0.05, 0) is 30.7 Å². The maximum atomic E-state index is 6.00. The first-order valence-electron chi connectivity index (χ1n) is 6.68. The van der Waals surface area contributed by atoms with Gasteiger partial charge in [0.15, 0.2) is 0 Å². The quantitative estimate of drug-likeness (QED) is 0.750. The minimum Gasteiger partial charge on any atom is -0.383 e. The van der Waals surface area contributed by atoms with Crippen molar-refractivity contribution in [2.75, 3.05) is 11.1 Å². The fraction of sp³-hybridized carbons (Fsp3) is 0.125. The van der Waals surface area contributed by atoms with Crippen LogP contribution in [0.1, 0.15) is 18.5 Å². The van der Waals surface area contributed by atoms with E-state index in [-0.39, 0.29) is 6.04 Å². The number of nitrogens with one attached hydrogen (secondary N) is 1. The molecule has 3 aromatic rings. The van der Waals surface area contributed by atoms with Crippen LogP contribution < -0.4 is 11.1 Å². The number of hydrogen-bond donors (Lipinski definition) is 2. The second kappa shape index (κ2) is 5.69. The van der Waals surface area contributed by atoms with Crippen molar-refractivity contribution in [2.45, 2.75) is 13.0 Å². The van der Waals surface area contributed by atoms with Gasteiger partial charge in [0.2, 0.25) is 5.95 Å². The van der Waals surface area contributed by atoms with Gasteiger partial charge in [0.1, 0.15) is 5.82 Å². The summed E-state index contributed by atoms with van der Waals surface area (Å²) < 4.78 is 1.05. The van der Waals surface area contributed by atoms with Gasteiger partial charge in [-0.1, -0.05) is 46.3 Å². The summed E-state index contributed by atoms with van der Waals surface area (Å²) >= 11 is 3.56. The predicted octanol–water partition coefficient (Wildman–Crippen LogP) is 4.15. The molecule has 0 saturated carbocycles. The molecule has 0 saturated heterocycles. The highest BCUT2D eigenvalue weighted by molar-refractivity contribution is 9.10. The van der Waals surface area contributed by atoms with E-state index in [1.165, 1.54) is 0 Å². The lowest BCUT2D eigenvalue weighted by molar-refractivity contribution is 0.859. The van der Waals surface area contributed by atoms with Gasteiger partial charge in [-0.25, -0.2) is 4.98 Å². The topological polar surface area (TPSA) is 63.8 Å². The Kier molecular flexibility index (Phi) is 3.75. The number of anilines is 2. The van der Waals surface area contributed by atoms with E-state index in [1.54, 1.807) is 0 Å². The second-order valence-corrected chi connectivity index (χ2v) is 5.69. The molecule has 3 rings (SSSR count). The monoisotopic (exact) mass is 342 g/mol. The summed E-state index contributed by atoms with van der Waals surface area (Å²) in [6.45, 7) is 2.06. The third kappa shape index (κ3) is 2.83. The Morgan fingerprint density at radius 2 is 1.76 bits per heavy atom. The second-order valence-electron chi connectivity index (χ2n) is 4.84. The van der Waals surface area contributed by atoms with Crippen molar-refractivity contribution in [3.63, 3.8) is 0 Å². The smallest absolute Gasteiger partial charge is 0.225 e. The molecule has 0 fully saturated rings. The van der Waals surface area contributed by atoms with E-state index in [9.17, 15) is 0 Å². The number of aromatic nitrogens is 2. The van der Waals surface area contributed by atoms with Crippen LogP contribution in [0.15, 0.2) is 53.0 Å². The molecule has 1 aromatic heterocycles. The number of para-hydroxylation sites is 1. The average Bonchev–Trinajstić information content (AvgIpc) is 2.47. The van der Waals surface area contributed by atoms with Gasteiger partial charge in [-0.3, -0.25) is 0 Å². The van der Waals surface area contributed by atoms with Crippen LogP contribution >= 0.6 is 15.9 Å². The number of nitrogens with two attached hydrogens (primary N) is 1. The molecule has 0 aliphatic rings. The van der Waals surface area contributed by atoms with Crippen molar-refractivity contribution < 1.29 is 0 Å². The van der Waals surface area contributed by atoms with Crippen molar-refractivity contribution in [3.05, 3.63) is 58.6 Å². The first kappa shape index (κ1) is 13.8. The van der Waals surface area contributed by atoms with Gasteiger partial charge in [-0.2, -0.15) is 4.98 Å². The van der Waals surface area contributed by atoms with Crippen molar-refractivity contribution in [1.29, 1.82) is 0 Å². The molecule has 0 aliphatic carbocycles. The Morgan fingerprint density at radius 1 is 1.05 bits per heavy atom. The van der Waals surface area contributed by atoms with Crippen molar-refractivity contribution in [1.82, 2.24) is 9.97 Å². The number of nitrogens with zero attached hydrogens (tertiary/aromatic N) is 2. The van der Waals surface area contributed by atoms with Crippen LogP contribution in [0.4, 0.5) is 11.8 Å². The van der Waals surface area contributed by atoms with Gasteiger partial charge in [0, 0.05) is 9.86 Å². The molecule has 0 amide bonds. The van der Waals surface area contributed by atoms with Gasteiger partial charge in [-0.15, -0.1) is 0 Å². The molecule has 1 heterocycles. The number of benzene rings is 2. The minimum atomic E-state index is 0.0705. The molecule has 4 nitrogen and oxygen atoms in total. The normalized spacial score (nSPS) is 12.3. The Morgan fingerprint density at radius 3 is 2.57 bits per heavy atom. The lowest BCUT2D eigenvalue weighted by Gasteiger charge is -2.16. The van der Waals surface area contributed by atoms with E-state index in [2.05, 4.69) is 44.2 Å². The van der Waals surface area contributed by atoms with Crippen molar-refractivity contribution in [3.8, 4) is 0 Å². The Hall–Kier alpha value is -2.14. The van der Waals surface area contributed by atoms with Gasteiger partial charge < -0.3 is 11.1 Å². The van der Waals surface area contributed by atoms with Crippen LogP contribution in [-0.4, -0.2) is 9.97 Å². The van der Waals surface area contributed by atoms with Gasteiger partial charge in [0.05, 0.1) is 11.6 Å². The zero-order chi connectivity index (χ0) is 14.8. The number of fused-ring (bicyclic) bond motifs is 1. The first-order chi connectivity index (χ1) is 10.1. The fourth-order valence-corrected chi connectivity index (χ4v) is 2.89. The summed E-state index contributed by atoms with van der Waals surface area (Å²) in [7, 11) is 0. The first-order valence-corrected chi connectivity index (χ1v) is 7.47. The number of nitrogen functional groups attached to an aromatic ring is 1. The molecule has 0 spiro atoms.